The van der Waals surface area contributed by atoms with Crippen molar-refractivity contribution in [1.29, 1.82) is 0 Å². The molecule has 2 aromatic heterocycles. The quantitative estimate of drug-likeness (QED) is 0.261. The molecule has 2 heterocycles. The Kier molecular flexibility index (Phi) is 5.16. The molecule has 5 aromatic rings. The Morgan fingerprint density at radius 2 is 1.71 bits per heavy atom. The van der Waals surface area contributed by atoms with Crippen molar-refractivity contribution in [3.05, 3.63) is 99.0 Å². The van der Waals surface area contributed by atoms with Gasteiger partial charge in [-0.1, -0.05) is 18.2 Å². The van der Waals surface area contributed by atoms with Crippen molar-refractivity contribution in [3.8, 4) is 11.3 Å². The summed E-state index contributed by atoms with van der Waals surface area (Å²) in [6.07, 6.45) is 0. The van der Waals surface area contributed by atoms with Crippen LogP contribution in [0.1, 0.15) is 21.5 Å². The van der Waals surface area contributed by atoms with E-state index in [1.54, 1.807) is 6.07 Å². The molecule has 170 valence electrons. The van der Waals surface area contributed by atoms with Crippen molar-refractivity contribution < 1.29 is 18.8 Å². The summed E-state index contributed by atoms with van der Waals surface area (Å²) in [6.45, 7) is 3.81. The summed E-state index contributed by atoms with van der Waals surface area (Å²) in [4.78, 5) is 25.5. The minimum absolute atomic E-state index is 0.000722. The van der Waals surface area contributed by atoms with Gasteiger partial charge in [-0.2, -0.15) is 0 Å². The third kappa shape index (κ3) is 3.71. The molecule has 3 aromatic carbocycles. The van der Waals surface area contributed by atoms with Crippen molar-refractivity contribution in [2.75, 3.05) is 10.5 Å². The molecule has 0 radical (unpaired) electrons. The largest absolute Gasteiger partial charge is 0.733 e. The van der Waals surface area contributed by atoms with Crippen LogP contribution in [0.15, 0.2) is 80.4 Å². The van der Waals surface area contributed by atoms with Gasteiger partial charge in [0.15, 0.2) is 5.76 Å². The summed E-state index contributed by atoms with van der Waals surface area (Å²) < 4.78 is 11.6. The fourth-order valence-corrected chi connectivity index (χ4v) is 4.09. The molecule has 0 unspecified atom stereocenters. The number of hydrogen-bond acceptors (Lipinski definition) is 7. The van der Waals surface area contributed by atoms with Crippen molar-refractivity contribution in [2.45, 2.75) is 13.8 Å². The van der Waals surface area contributed by atoms with Crippen LogP contribution in [-0.2, 0) is 0 Å². The maximum Gasteiger partial charge on any atom is 0.336 e. The van der Waals surface area contributed by atoms with E-state index in [1.807, 2.05) is 44.2 Å². The standard InChI is InChI=1S/C26H19N2O6/c1-14-11-15(2)24-19(12-14)20(13-22(29)34-24)25-23(18-5-3-4-6-21(18)33-25)27-26(30)16-7-9-17(10-8-16)28(31)32/h3-13,31H,1-2H3,(H,27,30)/q-1. The van der Waals surface area contributed by atoms with Gasteiger partial charge in [0.05, 0.1) is 11.4 Å². The van der Waals surface area contributed by atoms with Crippen molar-refractivity contribution in [1.82, 2.24) is 0 Å². The van der Waals surface area contributed by atoms with Crippen LogP contribution in [0, 0.1) is 19.1 Å². The van der Waals surface area contributed by atoms with E-state index in [-0.39, 0.29) is 16.5 Å². The summed E-state index contributed by atoms with van der Waals surface area (Å²) >= 11 is 0. The molecule has 8 heteroatoms. The summed E-state index contributed by atoms with van der Waals surface area (Å²) in [7, 11) is 0. The number of aryl methyl sites for hydroxylation is 2. The Labute approximate surface area is 193 Å². The zero-order valence-corrected chi connectivity index (χ0v) is 18.3. The van der Waals surface area contributed by atoms with E-state index in [1.165, 1.54) is 30.3 Å². The number of nitrogens with one attached hydrogen (secondary N) is 1. The topological polar surface area (TPSA) is 119 Å². The minimum atomic E-state index is -0.533. The summed E-state index contributed by atoms with van der Waals surface area (Å²) in [5.41, 5.74) is 3.43. The van der Waals surface area contributed by atoms with Gasteiger partial charge in [-0.3, -0.25) is 10.0 Å². The molecule has 2 N–H and O–H groups in total. The van der Waals surface area contributed by atoms with E-state index in [0.717, 1.165) is 11.1 Å². The minimum Gasteiger partial charge on any atom is -0.733 e. The monoisotopic (exact) mass is 455 g/mol. The van der Waals surface area contributed by atoms with Crippen LogP contribution in [0.3, 0.4) is 0 Å². The number of carbonyl (C=O) groups excluding carboxylic acids is 1. The molecule has 5 rings (SSSR count). The van der Waals surface area contributed by atoms with Gasteiger partial charge in [-0.25, -0.2) is 4.79 Å². The second-order valence-corrected chi connectivity index (χ2v) is 8.01. The maximum absolute atomic E-state index is 13.1. The number of benzene rings is 3. The molecule has 0 bridgehead atoms. The van der Waals surface area contributed by atoms with Crippen LogP contribution in [0.4, 0.5) is 11.4 Å². The van der Waals surface area contributed by atoms with E-state index in [2.05, 4.69) is 5.32 Å². The Hall–Kier alpha value is -4.40. The molecule has 0 saturated carbocycles. The second kappa shape index (κ2) is 8.18. The molecule has 34 heavy (non-hydrogen) atoms. The molecule has 0 spiro atoms. The lowest BCUT2D eigenvalue weighted by atomic mass is 10.0. The molecule has 0 atom stereocenters. The lowest BCUT2D eigenvalue weighted by molar-refractivity contribution is 0.102. The Morgan fingerprint density at radius 3 is 2.44 bits per heavy atom. The summed E-state index contributed by atoms with van der Waals surface area (Å²) in [5.74, 6) is -0.121. The van der Waals surface area contributed by atoms with Gasteiger partial charge in [0.2, 0.25) is 0 Å². The van der Waals surface area contributed by atoms with Gasteiger partial charge < -0.3 is 24.6 Å². The zero-order chi connectivity index (χ0) is 24.0. The van der Waals surface area contributed by atoms with Crippen molar-refractivity contribution in [3.63, 3.8) is 0 Å². The second-order valence-electron chi connectivity index (χ2n) is 8.01. The molecule has 8 nitrogen and oxygen atoms in total. The highest BCUT2D eigenvalue weighted by atomic mass is 16.8. The zero-order valence-electron chi connectivity index (χ0n) is 18.3. The number of hydrogen-bond donors (Lipinski definition) is 2. The molecular formula is C26H19N2O6-. The number of nitrogens with zero attached hydrogens (tertiary/aromatic N) is 1. The number of fused-ring (bicyclic) bond motifs is 2. The molecule has 0 aliphatic carbocycles. The number of amides is 1. The molecule has 0 aliphatic heterocycles. The first-order valence-corrected chi connectivity index (χ1v) is 10.5. The Morgan fingerprint density at radius 1 is 0.971 bits per heavy atom. The highest BCUT2D eigenvalue weighted by molar-refractivity contribution is 6.13. The maximum atomic E-state index is 13.1. The van der Waals surface area contributed by atoms with Gasteiger partial charge in [0, 0.05) is 28.0 Å². The lowest BCUT2D eigenvalue weighted by Gasteiger charge is -2.21. The van der Waals surface area contributed by atoms with Gasteiger partial charge in [0.25, 0.3) is 5.91 Å². The number of furan rings is 1. The van der Waals surface area contributed by atoms with Crippen LogP contribution < -0.4 is 16.2 Å². The SMILES string of the molecule is Cc1cc(C)c2oc(=O)cc(-c3oc4ccccc4c3NC(=O)c3ccc(N([O-])O)cc3)c2c1. The third-order valence-corrected chi connectivity index (χ3v) is 5.60. The smallest absolute Gasteiger partial charge is 0.336 e. The molecule has 1 amide bonds. The van der Waals surface area contributed by atoms with Gasteiger partial charge in [-0.15, -0.1) is 0 Å². The summed E-state index contributed by atoms with van der Waals surface area (Å²) in [6, 6.07) is 17.9. The predicted octanol–water partition coefficient (Wildman–Crippen LogP) is 5.77. The van der Waals surface area contributed by atoms with Crippen LogP contribution in [0.5, 0.6) is 0 Å². The van der Waals surface area contributed by atoms with Crippen molar-refractivity contribution in [2.24, 2.45) is 0 Å². The first kappa shape index (κ1) is 21.4. The van der Waals surface area contributed by atoms with E-state index < -0.39 is 11.5 Å². The number of carbonyl (C=O) groups is 1. The molecule has 0 aliphatic rings. The normalized spacial score (nSPS) is 11.2. The first-order valence-electron chi connectivity index (χ1n) is 10.5. The summed E-state index contributed by atoms with van der Waals surface area (Å²) in [5, 5.41) is 24.0. The highest BCUT2D eigenvalue weighted by Crippen LogP contribution is 2.41. The first-order chi connectivity index (χ1) is 16.3. The predicted molar refractivity (Wildman–Crippen MR) is 129 cm³/mol. The molecule has 0 fully saturated rings. The van der Waals surface area contributed by atoms with E-state index in [0.29, 0.717) is 38.9 Å². The lowest BCUT2D eigenvalue weighted by Crippen LogP contribution is -2.13. The average molecular weight is 455 g/mol. The number of rotatable bonds is 4. The van der Waals surface area contributed by atoms with Crippen LogP contribution in [0.25, 0.3) is 33.3 Å². The fourth-order valence-electron chi connectivity index (χ4n) is 4.09. The van der Waals surface area contributed by atoms with Gasteiger partial charge >= 0.3 is 5.63 Å². The van der Waals surface area contributed by atoms with E-state index >= 15 is 0 Å². The molecular weight excluding hydrogens is 436 g/mol. The van der Waals surface area contributed by atoms with E-state index in [4.69, 9.17) is 14.0 Å². The average Bonchev–Trinajstić information content (AvgIpc) is 3.17. The Bertz CT molecular complexity index is 1610. The number of anilines is 2. The van der Waals surface area contributed by atoms with Gasteiger partial charge in [-0.05, 0) is 67.4 Å². The molecule has 0 saturated heterocycles. The van der Waals surface area contributed by atoms with Gasteiger partial charge in [0.1, 0.15) is 11.2 Å². The van der Waals surface area contributed by atoms with Crippen LogP contribution in [-0.4, -0.2) is 11.1 Å². The van der Waals surface area contributed by atoms with E-state index in [9.17, 15) is 14.8 Å². The fraction of sp³-hybridized carbons (Fsp3) is 0.0769. The highest BCUT2D eigenvalue weighted by Gasteiger charge is 2.22. The Balaban J connectivity index is 1.69. The van der Waals surface area contributed by atoms with Crippen molar-refractivity contribution >= 4 is 39.2 Å². The number of para-hydroxylation sites is 1. The van der Waals surface area contributed by atoms with Crippen LogP contribution >= 0.6 is 0 Å². The third-order valence-electron chi connectivity index (χ3n) is 5.60. The van der Waals surface area contributed by atoms with Crippen LogP contribution in [0.2, 0.25) is 0 Å².